The highest BCUT2D eigenvalue weighted by Crippen LogP contribution is 2.09. The Balaban J connectivity index is 2.60. The van der Waals surface area contributed by atoms with E-state index in [4.69, 9.17) is 0 Å². The van der Waals surface area contributed by atoms with Crippen molar-refractivity contribution in [2.24, 2.45) is 5.41 Å². The van der Waals surface area contributed by atoms with Crippen molar-refractivity contribution in [3.63, 3.8) is 0 Å². The van der Waals surface area contributed by atoms with Gasteiger partial charge in [-0.25, -0.2) is 0 Å². The second-order valence-corrected chi connectivity index (χ2v) is 4.82. The van der Waals surface area contributed by atoms with Crippen molar-refractivity contribution >= 4 is 5.78 Å². The van der Waals surface area contributed by atoms with Crippen molar-refractivity contribution in [2.45, 2.75) is 20.8 Å². The first-order chi connectivity index (χ1) is 8.49. The Labute approximate surface area is 109 Å². The van der Waals surface area contributed by atoms with Crippen molar-refractivity contribution < 1.29 is 4.79 Å². The lowest BCUT2D eigenvalue weighted by molar-refractivity contribution is 0.105. The monoisotopic (exact) mass is 236 g/mol. The second kappa shape index (κ2) is 6.48. The molecule has 1 aromatic carbocycles. The maximum absolute atomic E-state index is 11.6. The van der Waals surface area contributed by atoms with Gasteiger partial charge in [0, 0.05) is 11.0 Å². The summed E-state index contributed by atoms with van der Waals surface area (Å²) in [6.45, 7) is 6.12. The average Bonchev–Trinajstić information content (AvgIpc) is 2.33. The van der Waals surface area contributed by atoms with Crippen molar-refractivity contribution in [1.29, 1.82) is 0 Å². The molecule has 0 fully saturated rings. The number of hydrogen-bond donors (Lipinski definition) is 0. The minimum atomic E-state index is -0.177. The molecule has 1 aromatic rings. The zero-order valence-electron chi connectivity index (χ0n) is 10.9. The molecule has 0 atom stereocenters. The van der Waals surface area contributed by atoms with Crippen LogP contribution in [-0.4, -0.2) is 5.78 Å². The van der Waals surface area contributed by atoms with E-state index in [1.165, 1.54) is 0 Å². The molecule has 0 N–H and O–H groups in total. The van der Waals surface area contributed by atoms with Gasteiger partial charge < -0.3 is 0 Å². The normalized spacial score (nSPS) is 10.2. The molecule has 18 heavy (non-hydrogen) atoms. The third kappa shape index (κ3) is 5.73. The van der Waals surface area contributed by atoms with Crippen LogP contribution in [0.1, 0.15) is 31.1 Å². The molecule has 0 radical (unpaired) electrons. The Morgan fingerprint density at radius 1 is 1.06 bits per heavy atom. The number of Topliss-reactive ketones (excluding diaryl/α,β-unsaturated/α-hetero) is 1. The van der Waals surface area contributed by atoms with Crippen LogP contribution in [0.3, 0.4) is 0 Å². The molecular formula is C17H16O. The van der Waals surface area contributed by atoms with Crippen LogP contribution in [0.25, 0.3) is 0 Å². The van der Waals surface area contributed by atoms with E-state index in [0.717, 1.165) is 0 Å². The van der Waals surface area contributed by atoms with E-state index < -0.39 is 0 Å². The van der Waals surface area contributed by atoms with Gasteiger partial charge in [-0.05, 0) is 38.8 Å². The minimum absolute atomic E-state index is 0.0162. The molecule has 0 aliphatic heterocycles. The van der Waals surface area contributed by atoms with Gasteiger partial charge in [-0.2, -0.15) is 0 Å². The molecular weight excluding hydrogens is 220 g/mol. The van der Waals surface area contributed by atoms with Gasteiger partial charge in [-0.3, -0.25) is 4.79 Å². The predicted molar refractivity (Wildman–Crippen MR) is 74.9 cm³/mol. The molecule has 1 heteroatoms. The fourth-order valence-corrected chi connectivity index (χ4v) is 1.11. The maximum atomic E-state index is 11.6. The number of benzene rings is 1. The lowest BCUT2D eigenvalue weighted by Crippen LogP contribution is -1.98. The van der Waals surface area contributed by atoms with Crippen LogP contribution in [0, 0.1) is 29.1 Å². The van der Waals surface area contributed by atoms with E-state index in [9.17, 15) is 4.79 Å². The molecule has 0 saturated heterocycles. The van der Waals surface area contributed by atoms with Crippen molar-refractivity contribution in [2.75, 3.05) is 0 Å². The molecule has 0 aliphatic carbocycles. The fourth-order valence-electron chi connectivity index (χ4n) is 1.11. The van der Waals surface area contributed by atoms with Crippen LogP contribution in [-0.2, 0) is 0 Å². The molecule has 1 nitrogen and oxygen atoms in total. The smallest absolute Gasteiger partial charge is 0.236 e. The zero-order valence-corrected chi connectivity index (χ0v) is 10.9. The van der Waals surface area contributed by atoms with E-state index in [0.29, 0.717) is 5.56 Å². The summed E-state index contributed by atoms with van der Waals surface area (Å²) >= 11 is 0. The van der Waals surface area contributed by atoms with Gasteiger partial charge in [-0.1, -0.05) is 48.1 Å². The van der Waals surface area contributed by atoms with Gasteiger partial charge in [0.1, 0.15) is 0 Å². The molecule has 0 spiro atoms. The standard InChI is InChI=1S/C17H16O/c1-17(2,3)14-10-5-4-9-13-16(18)15-11-7-6-8-12-15/h4-8,11-12H,1-3H3/b5-4-. The van der Waals surface area contributed by atoms with Crippen LogP contribution in [0.5, 0.6) is 0 Å². The van der Waals surface area contributed by atoms with Crippen LogP contribution < -0.4 is 0 Å². The maximum Gasteiger partial charge on any atom is 0.236 e. The Hall–Kier alpha value is -2.25. The van der Waals surface area contributed by atoms with Crippen LogP contribution in [0.2, 0.25) is 0 Å². The van der Waals surface area contributed by atoms with Crippen molar-refractivity contribution in [3.8, 4) is 23.7 Å². The lowest BCUT2D eigenvalue weighted by atomic mass is 9.98. The lowest BCUT2D eigenvalue weighted by Gasteiger charge is -2.05. The van der Waals surface area contributed by atoms with E-state index in [1.807, 2.05) is 39.0 Å². The van der Waals surface area contributed by atoms with E-state index >= 15 is 0 Å². The molecule has 0 aliphatic rings. The SMILES string of the molecule is CC(C)(C)C#C/C=C\C#CC(=O)c1ccccc1. The number of hydrogen-bond acceptors (Lipinski definition) is 1. The molecule has 0 unspecified atom stereocenters. The molecule has 0 bridgehead atoms. The molecule has 90 valence electrons. The van der Waals surface area contributed by atoms with Gasteiger partial charge in [0.05, 0.1) is 0 Å². The first-order valence-electron chi connectivity index (χ1n) is 5.78. The summed E-state index contributed by atoms with van der Waals surface area (Å²) in [7, 11) is 0. The topological polar surface area (TPSA) is 17.1 Å². The van der Waals surface area contributed by atoms with Crippen LogP contribution in [0.15, 0.2) is 42.5 Å². The summed E-state index contributed by atoms with van der Waals surface area (Å²) < 4.78 is 0. The molecule has 0 saturated carbocycles. The van der Waals surface area contributed by atoms with Crippen molar-refractivity contribution in [3.05, 3.63) is 48.0 Å². The van der Waals surface area contributed by atoms with E-state index in [2.05, 4.69) is 23.7 Å². The Morgan fingerprint density at radius 2 is 1.67 bits per heavy atom. The quantitative estimate of drug-likeness (QED) is 0.414. The average molecular weight is 236 g/mol. The highest BCUT2D eigenvalue weighted by Gasteiger charge is 2.02. The summed E-state index contributed by atoms with van der Waals surface area (Å²) in [5.74, 6) is 11.0. The predicted octanol–water partition coefficient (Wildman–Crippen LogP) is 3.48. The number of carbonyl (C=O) groups excluding carboxylic acids is 1. The van der Waals surface area contributed by atoms with Gasteiger partial charge in [0.25, 0.3) is 0 Å². The summed E-state index contributed by atoms with van der Waals surface area (Å²) in [5.41, 5.74) is 0.594. The summed E-state index contributed by atoms with van der Waals surface area (Å²) in [4.78, 5) is 11.6. The minimum Gasteiger partial charge on any atom is -0.279 e. The highest BCUT2D eigenvalue weighted by molar-refractivity contribution is 6.09. The van der Waals surface area contributed by atoms with Gasteiger partial charge in [0.2, 0.25) is 5.78 Å². The van der Waals surface area contributed by atoms with Gasteiger partial charge in [-0.15, -0.1) is 0 Å². The highest BCUT2D eigenvalue weighted by atomic mass is 16.1. The summed E-state index contributed by atoms with van der Waals surface area (Å²) in [6.07, 6.45) is 3.26. The summed E-state index contributed by atoms with van der Waals surface area (Å²) in [6, 6.07) is 9.01. The van der Waals surface area contributed by atoms with Crippen molar-refractivity contribution in [1.82, 2.24) is 0 Å². The number of ketones is 1. The van der Waals surface area contributed by atoms with Crippen LogP contribution >= 0.6 is 0 Å². The molecule has 1 rings (SSSR count). The Morgan fingerprint density at radius 3 is 2.28 bits per heavy atom. The van der Waals surface area contributed by atoms with Crippen LogP contribution in [0.4, 0.5) is 0 Å². The number of rotatable bonds is 1. The first-order valence-corrected chi connectivity index (χ1v) is 5.78. The van der Waals surface area contributed by atoms with Gasteiger partial charge in [0.15, 0.2) is 0 Å². The second-order valence-electron chi connectivity index (χ2n) is 4.82. The fraction of sp³-hybridized carbons (Fsp3) is 0.235. The largest absolute Gasteiger partial charge is 0.279 e. The first kappa shape index (κ1) is 13.8. The van der Waals surface area contributed by atoms with E-state index in [1.54, 1.807) is 24.3 Å². The van der Waals surface area contributed by atoms with E-state index in [-0.39, 0.29) is 11.2 Å². The Bertz CT molecular complexity index is 549. The summed E-state index contributed by atoms with van der Waals surface area (Å²) in [5, 5.41) is 0. The number of carbonyl (C=O) groups is 1. The third-order valence-corrected chi connectivity index (χ3v) is 1.92. The zero-order chi connectivity index (χ0) is 13.4. The number of allylic oxidation sites excluding steroid dienone is 2. The molecule has 0 aromatic heterocycles. The molecule has 0 heterocycles. The molecule has 0 amide bonds. The Kier molecular flexibility index (Phi) is 4.97. The third-order valence-electron chi connectivity index (χ3n) is 1.92. The van der Waals surface area contributed by atoms with Gasteiger partial charge >= 0.3 is 0 Å².